The zero-order chi connectivity index (χ0) is 22.9. The van der Waals surface area contributed by atoms with Crippen LogP contribution in [0.2, 0.25) is 0 Å². The Kier molecular flexibility index (Phi) is 6.41. The number of thiazole rings is 1. The van der Waals surface area contributed by atoms with Gasteiger partial charge in [-0.25, -0.2) is 17.8 Å². The van der Waals surface area contributed by atoms with Crippen LogP contribution < -0.4 is 5.32 Å². The zero-order valence-corrected chi connectivity index (χ0v) is 19.5. The van der Waals surface area contributed by atoms with E-state index in [1.165, 1.54) is 27.8 Å². The van der Waals surface area contributed by atoms with Crippen LogP contribution in [0, 0.1) is 25.6 Å². The molecule has 1 N–H and O–H groups in total. The van der Waals surface area contributed by atoms with Crippen LogP contribution in [0.1, 0.15) is 23.3 Å². The molecular weight excluding hydrogens is 449 g/mol. The third-order valence-electron chi connectivity index (χ3n) is 5.63. The Morgan fingerprint density at radius 3 is 2.31 bits per heavy atom. The van der Waals surface area contributed by atoms with Crippen LogP contribution in [0.4, 0.5) is 9.52 Å². The van der Waals surface area contributed by atoms with Gasteiger partial charge in [-0.1, -0.05) is 17.7 Å². The predicted octanol–water partition coefficient (Wildman–Crippen LogP) is 4.61. The summed E-state index contributed by atoms with van der Waals surface area (Å²) < 4.78 is 40.3. The standard InChI is InChI=1S/C23H24FN3O3S2/c1-15-3-9-20(10-4-15)32(29,30)27-13-11-18(12-14-27)22(28)26-23-25-21(16(2)31-23)17-5-7-19(24)8-6-17/h3-10,18H,11-14H2,1-2H3,(H,25,26,28). The fourth-order valence-corrected chi connectivity index (χ4v) is 6.06. The summed E-state index contributed by atoms with van der Waals surface area (Å²) in [5, 5.41) is 3.36. The molecule has 1 aliphatic heterocycles. The molecular formula is C23H24FN3O3S2. The van der Waals surface area contributed by atoms with Crippen molar-refractivity contribution in [3.05, 3.63) is 64.8 Å². The van der Waals surface area contributed by atoms with E-state index in [2.05, 4.69) is 10.3 Å². The Morgan fingerprint density at radius 2 is 1.69 bits per heavy atom. The average molecular weight is 474 g/mol. The highest BCUT2D eigenvalue weighted by atomic mass is 32.2. The largest absolute Gasteiger partial charge is 0.302 e. The van der Waals surface area contributed by atoms with Gasteiger partial charge in [0.15, 0.2) is 5.13 Å². The Balaban J connectivity index is 1.38. The smallest absolute Gasteiger partial charge is 0.243 e. The number of sulfonamides is 1. The first kappa shape index (κ1) is 22.6. The van der Waals surface area contributed by atoms with Crippen LogP contribution in [0.3, 0.4) is 0 Å². The number of halogens is 1. The number of hydrogen-bond donors (Lipinski definition) is 1. The highest BCUT2D eigenvalue weighted by Gasteiger charge is 2.32. The van der Waals surface area contributed by atoms with Crippen molar-refractivity contribution in [3.63, 3.8) is 0 Å². The first-order valence-electron chi connectivity index (χ1n) is 10.3. The minimum Gasteiger partial charge on any atom is -0.302 e. The molecule has 1 aliphatic rings. The molecule has 0 saturated carbocycles. The van der Waals surface area contributed by atoms with E-state index in [-0.39, 0.29) is 22.5 Å². The first-order chi connectivity index (χ1) is 15.2. The van der Waals surface area contributed by atoms with Crippen molar-refractivity contribution in [3.8, 4) is 11.3 Å². The lowest BCUT2D eigenvalue weighted by Crippen LogP contribution is -2.41. The van der Waals surface area contributed by atoms with Crippen LogP contribution in [0.25, 0.3) is 11.3 Å². The van der Waals surface area contributed by atoms with Crippen molar-refractivity contribution < 1.29 is 17.6 Å². The van der Waals surface area contributed by atoms with Crippen LogP contribution in [0.5, 0.6) is 0 Å². The van der Waals surface area contributed by atoms with E-state index in [1.807, 2.05) is 13.8 Å². The van der Waals surface area contributed by atoms with Crippen molar-refractivity contribution in [2.24, 2.45) is 5.92 Å². The molecule has 1 saturated heterocycles. The minimum atomic E-state index is -3.56. The molecule has 0 radical (unpaired) electrons. The molecule has 1 aromatic heterocycles. The van der Waals surface area contributed by atoms with E-state index in [0.717, 1.165) is 16.0 Å². The summed E-state index contributed by atoms with van der Waals surface area (Å²) in [5.41, 5.74) is 2.50. The van der Waals surface area contributed by atoms with E-state index in [4.69, 9.17) is 0 Å². The number of carbonyl (C=O) groups is 1. The normalized spacial score (nSPS) is 15.6. The molecule has 1 amide bonds. The lowest BCUT2D eigenvalue weighted by molar-refractivity contribution is -0.120. The second-order valence-corrected chi connectivity index (χ2v) is 11.1. The van der Waals surface area contributed by atoms with Crippen LogP contribution in [-0.2, 0) is 14.8 Å². The minimum absolute atomic E-state index is 0.156. The predicted molar refractivity (Wildman–Crippen MR) is 124 cm³/mol. The van der Waals surface area contributed by atoms with Gasteiger partial charge in [0, 0.05) is 29.4 Å². The molecule has 9 heteroatoms. The highest BCUT2D eigenvalue weighted by Crippen LogP contribution is 2.31. The van der Waals surface area contributed by atoms with Crippen molar-refractivity contribution in [1.82, 2.24) is 9.29 Å². The zero-order valence-electron chi connectivity index (χ0n) is 17.8. The third-order valence-corrected chi connectivity index (χ3v) is 8.43. The summed E-state index contributed by atoms with van der Waals surface area (Å²) in [6.07, 6.45) is 0.901. The van der Waals surface area contributed by atoms with E-state index >= 15 is 0 Å². The Bertz CT molecular complexity index is 1210. The van der Waals surface area contributed by atoms with Crippen LogP contribution in [0.15, 0.2) is 53.4 Å². The van der Waals surface area contributed by atoms with Gasteiger partial charge in [-0.3, -0.25) is 4.79 Å². The lowest BCUT2D eigenvalue weighted by Gasteiger charge is -2.30. The number of aromatic nitrogens is 1. The molecule has 2 aromatic carbocycles. The maximum atomic E-state index is 13.2. The number of carbonyl (C=O) groups excluding carboxylic acids is 1. The Labute approximate surface area is 191 Å². The maximum absolute atomic E-state index is 13.2. The Morgan fingerprint density at radius 1 is 1.06 bits per heavy atom. The number of nitrogens with one attached hydrogen (secondary N) is 1. The molecule has 6 nitrogen and oxygen atoms in total. The number of rotatable bonds is 5. The quantitative estimate of drug-likeness (QED) is 0.587. The van der Waals surface area contributed by atoms with E-state index in [9.17, 15) is 17.6 Å². The topological polar surface area (TPSA) is 79.4 Å². The lowest BCUT2D eigenvalue weighted by atomic mass is 9.97. The average Bonchev–Trinajstić information content (AvgIpc) is 3.14. The molecule has 0 aliphatic carbocycles. The fourth-order valence-electron chi connectivity index (χ4n) is 3.75. The van der Waals surface area contributed by atoms with E-state index in [0.29, 0.717) is 36.8 Å². The number of hydrogen-bond acceptors (Lipinski definition) is 5. The van der Waals surface area contributed by atoms with Gasteiger partial charge in [-0.15, -0.1) is 11.3 Å². The number of piperidine rings is 1. The van der Waals surface area contributed by atoms with Gasteiger partial charge in [0.2, 0.25) is 15.9 Å². The Hall–Kier alpha value is -2.62. The van der Waals surface area contributed by atoms with Crippen LogP contribution >= 0.6 is 11.3 Å². The molecule has 3 aromatic rings. The monoisotopic (exact) mass is 473 g/mol. The SMILES string of the molecule is Cc1ccc(S(=O)(=O)N2CCC(C(=O)Nc3nc(-c4ccc(F)cc4)c(C)s3)CC2)cc1. The third kappa shape index (κ3) is 4.74. The van der Waals surface area contributed by atoms with Crippen molar-refractivity contribution in [2.75, 3.05) is 18.4 Å². The molecule has 0 unspecified atom stereocenters. The summed E-state index contributed by atoms with van der Waals surface area (Å²) in [7, 11) is -3.56. The van der Waals surface area contributed by atoms with E-state index < -0.39 is 10.0 Å². The van der Waals surface area contributed by atoms with Gasteiger partial charge < -0.3 is 5.32 Å². The van der Waals surface area contributed by atoms with Crippen LogP contribution in [-0.4, -0.2) is 36.7 Å². The fraction of sp³-hybridized carbons (Fsp3) is 0.304. The molecule has 4 rings (SSSR count). The van der Waals surface area contributed by atoms with Gasteiger partial charge in [0.05, 0.1) is 10.6 Å². The molecule has 0 atom stereocenters. The molecule has 0 spiro atoms. The second kappa shape index (κ2) is 9.09. The highest BCUT2D eigenvalue weighted by molar-refractivity contribution is 7.89. The van der Waals surface area contributed by atoms with Gasteiger partial charge in [-0.2, -0.15) is 4.31 Å². The molecule has 1 fully saturated rings. The number of nitrogens with zero attached hydrogens (tertiary/aromatic N) is 2. The number of benzene rings is 2. The van der Waals surface area contributed by atoms with Crippen molar-refractivity contribution in [2.45, 2.75) is 31.6 Å². The second-order valence-electron chi connectivity index (χ2n) is 7.91. The van der Waals surface area contributed by atoms with E-state index in [1.54, 1.807) is 36.4 Å². The summed E-state index contributed by atoms with van der Waals surface area (Å²) in [6, 6.07) is 12.9. The number of aryl methyl sites for hydroxylation is 2. The van der Waals surface area contributed by atoms with Crippen molar-refractivity contribution >= 4 is 32.4 Å². The number of amides is 1. The first-order valence-corrected chi connectivity index (χ1v) is 12.6. The van der Waals surface area contributed by atoms with Gasteiger partial charge in [-0.05, 0) is 63.1 Å². The van der Waals surface area contributed by atoms with Gasteiger partial charge >= 0.3 is 0 Å². The summed E-state index contributed by atoms with van der Waals surface area (Å²) in [5.74, 6) is -0.749. The number of anilines is 1. The van der Waals surface area contributed by atoms with Gasteiger partial charge in [0.25, 0.3) is 0 Å². The molecule has 32 heavy (non-hydrogen) atoms. The maximum Gasteiger partial charge on any atom is 0.243 e. The van der Waals surface area contributed by atoms with Crippen molar-refractivity contribution in [1.29, 1.82) is 0 Å². The van der Waals surface area contributed by atoms with Gasteiger partial charge in [0.1, 0.15) is 5.82 Å². The summed E-state index contributed by atoms with van der Waals surface area (Å²) >= 11 is 1.37. The molecule has 2 heterocycles. The summed E-state index contributed by atoms with van der Waals surface area (Å²) in [6.45, 7) is 4.41. The molecule has 168 valence electrons. The molecule has 0 bridgehead atoms. The summed E-state index contributed by atoms with van der Waals surface area (Å²) in [4.78, 5) is 18.5.